The molecule has 73 heavy (non-hydrogen) atoms. The summed E-state index contributed by atoms with van der Waals surface area (Å²) in [5, 5.41) is 22.3. The van der Waals surface area contributed by atoms with E-state index in [0.29, 0.717) is 61.7 Å². The van der Waals surface area contributed by atoms with Crippen LogP contribution in [0.25, 0.3) is 56.6 Å². The van der Waals surface area contributed by atoms with Crippen LogP contribution in [-0.2, 0) is 22.4 Å². The number of halogens is 3. The summed E-state index contributed by atoms with van der Waals surface area (Å²) in [4.78, 5) is 63.0. The minimum Gasteiger partial charge on any atom is -0.478 e. The second kappa shape index (κ2) is 23.4. The van der Waals surface area contributed by atoms with Gasteiger partial charge in [0.05, 0.1) is 22.5 Å². The van der Waals surface area contributed by atoms with Crippen molar-refractivity contribution >= 4 is 69.2 Å². The fourth-order valence-corrected chi connectivity index (χ4v) is 7.72. The number of aromatic carboxylic acids is 2. The SMILES string of the molecule is Cc1cc(-c2ccc(C(=O)O)cn2)cc2cc(CCC(=O)/C=C/c3ccc(N)nc3)oc12.Cc1cc(-c2ccc(C(=O)O)cn2)cc2cc(CCC(=O)/C=C/c3ccc(N)nc3)oc12.FC(F)(F)[C@@H]1CCCN1. The number of benzene rings is 2. The van der Waals surface area contributed by atoms with Crippen molar-refractivity contribution in [1.29, 1.82) is 0 Å². The molecule has 7 N–H and O–H groups in total. The Kier molecular flexibility index (Phi) is 16.7. The molecule has 0 unspecified atom stereocenters. The smallest absolute Gasteiger partial charge is 0.403 e. The van der Waals surface area contributed by atoms with E-state index in [1.807, 2.05) is 50.2 Å². The lowest BCUT2D eigenvalue weighted by Crippen LogP contribution is -2.36. The molecule has 0 spiro atoms. The predicted molar refractivity (Wildman–Crippen MR) is 271 cm³/mol. The third-order valence-corrected chi connectivity index (χ3v) is 11.6. The molecular weight excluding hydrogens is 944 g/mol. The molecule has 15 nitrogen and oxygen atoms in total. The van der Waals surface area contributed by atoms with Crippen molar-refractivity contribution in [1.82, 2.24) is 25.3 Å². The maximum Gasteiger partial charge on any atom is 0.403 e. The van der Waals surface area contributed by atoms with Crippen molar-refractivity contribution in [3.63, 3.8) is 0 Å². The molecule has 1 aliphatic rings. The number of nitrogens with one attached hydrogen (secondary N) is 1. The van der Waals surface area contributed by atoms with Crippen LogP contribution in [-0.4, -0.2) is 72.4 Å². The van der Waals surface area contributed by atoms with E-state index < -0.39 is 24.2 Å². The third-order valence-electron chi connectivity index (χ3n) is 11.6. The van der Waals surface area contributed by atoms with E-state index >= 15 is 0 Å². The molecule has 0 radical (unpaired) electrons. The van der Waals surface area contributed by atoms with Crippen molar-refractivity contribution in [2.24, 2.45) is 0 Å². The number of pyridine rings is 4. The van der Waals surface area contributed by atoms with Gasteiger partial charge < -0.3 is 35.8 Å². The number of carboxylic acid groups (broad SMARTS) is 2. The summed E-state index contributed by atoms with van der Waals surface area (Å²) < 4.78 is 47.0. The van der Waals surface area contributed by atoms with Gasteiger partial charge in [-0.3, -0.25) is 19.6 Å². The highest BCUT2D eigenvalue weighted by atomic mass is 19.4. The molecule has 7 heterocycles. The Morgan fingerprint density at radius 3 is 1.42 bits per heavy atom. The Morgan fingerprint density at radius 1 is 0.644 bits per heavy atom. The van der Waals surface area contributed by atoms with Crippen molar-refractivity contribution in [3.8, 4) is 22.5 Å². The van der Waals surface area contributed by atoms with Crippen LogP contribution in [0.4, 0.5) is 24.8 Å². The van der Waals surface area contributed by atoms with Crippen LogP contribution in [0.2, 0.25) is 0 Å². The van der Waals surface area contributed by atoms with Gasteiger partial charge in [-0.2, -0.15) is 13.2 Å². The quantitative estimate of drug-likeness (QED) is 0.0635. The Bertz CT molecular complexity index is 3100. The molecular formula is C55H50F3N7O8. The number of allylic oxidation sites excluding steroid dienone is 2. The summed E-state index contributed by atoms with van der Waals surface area (Å²) in [6.07, 6.45) is 10.9. The molecule has 18 heteroatoms. The number of rotatable bonds is 14. The van der Waals surface area contributed by atoms with E-state index in [4.69, 9.17) is 30.5 Å². The zero-order valence-corrected chi connectivity index (χ0v) is 39.7. The van der Waals surface area contributed by atoms with E-state index in [2.05, 4.69) is 25.3 Å². The molecule has 1 saturated heterocycles. The number of nitrogens with zero attached hydrogens (tertiary/aromatic N) is 4. The van der Waals surface area contributed by atoms with Crippen LogP contribution in [0.5, 0.6) is 0 Å². The average Bonchev–Trinajstić information content (AvgIpc) is 4.17. The van der Waals surface area contributed by atoms with Crippen LogP contribution in [0.15, 0.2) is 131 Å². The number of hydrogen-bond donors (Lipinski definition) is 5. The zero-order valence-electron chi connectivity index (χ0n) is 39.7. The van der Waals surface area contributed by atoms with Gasteiger partial charge in [0, 0.05) is 72.4 Å². The Morgan fingerprint density at radius 2 is 1.10 bits per heavy atom. The van der Waals surface area contributed by atoms with Gasteiger partial charge >= 0.3 is 18.1 Å². The predicted octanol–water partition coefficient (Wildman–Crippen LogP) is 10.7. The largest absolute Gasteiger partial charge is 0.478 e. The number of furan rings is 2. The molecule has 1 aliphatic heterocycles. The van der Waals surface area contributed by atoms with Crippen LogP contribution < -0.4 is 16.8 Å². The molecule has 1 atom stereocenters. The number of ketones is 2. The first-order chi connectivity index (χ1) is 34.9. The number of nitrogen functional groups attached to an aromatic ring is 2. The number of carbonyl (C=O) groups is 4. The highest BCUT2D eigenvalue weighted by Gasteiger charge is 2.40. The average molecular weight is 994 g/mol. The second-order valence-corrected chi connectivity index (χ2v) is 17.1. The first-order valence-corrected chi connectivity index (χ1v) is 23.0. The van der Waals surface area contributed by atoms with Crippen LogP contribution >= 0.6 is 0 Å². The fraction of sp³-hybridized carbons (Fsp3) is 0.200. The van der Waals surface area contributed by atoms with Gasteiger partial charge in [0.15, 0.2) is 11.6 Å². The zero-order chi connectivity index (χ0) is 52.2. The number of aryl methyl sites for hydroxylation is 4. The first-order valence-electron chi connectivity index (χ1n) is 23.0. The Hall–Kier alpha value is -8.77. The number of alkyl halides is 3. The van der Waals surface area contributed by atoms with Gasteiger partial charge in [-0.1, -0.05) is 0 Å². The lowest BCUT2D eigenvalue weighted by Gasteiger charge is -2.13. The Balaban J connectivity index is 0.000000182. The maximum absolute atomic E-state index is 12.2. The number of fused-ring (bicyclic) bond motifs is 2. The molecule has 0 aliphatic carbocycles. The van der Waals surface area contributed by atoms with E-state index in [1.54, 1.807) is 60.9 Å². The number of carboxylic acids is 2. The van der Waals surface area contributed by atoms with Crippen LogP contribution in [0, 0.1) is 13.8 Å². The lowest BCUT2D eigenvalue weighted by atomic mass is 10.0. The second-order valence-electron chi connectivity index (χ2n) is 17.1. The van der Waals surface area contributed by atoms with Gasteiger partial charge in [0.2, 0.25) is 0 Å². The molecule has 6 aromatic heterocycles. The summed E-state index contributed by atoms with van der Waals surface area (Å²) >= 11 is 0. The van der Waals surface area contributed by atoms with Crippen molar-refractivity contribution in [3.05, 3.63) is 167 Å². The van der Waals surface area contributed by atoms with Gasteiger partial charge in [-0.05, 0) is 165 Å². The Labute approximate surface area is 416 Å². The standard InChI is InChI=1S/2C25H21N3O4.C5H8F3N/c2*1-15-10-18(22-8-4-17(14-27-22)25(30)31)11-19-12-21(32-24(15)19)7-6-20(29)5-2-16-3-9-23(26)28-13-16;6-5(7,8)4-2-1-3-9-4/h2*2-5,8-14H,6-7H2,1H3,(H2,26,28)(H,30,31);4,9H,1-3H2/b2*5-2+;/t;;4-/m..0/s1. The topological polar surface area (TPSA) is 251 Å². The molecule has 0 amide bonds. The first kappa shape index (κ1) is 52.1. The molecule has 1 fully saturated rings. The number of carbonyl (C=O) groups excluding carboxylic acids is 2. The normalized spacial score (nSPS) is 13.5. The molecule has 0 bridgehead atoms. The minimum atomic E-state index is -4.03. The highest BCUT2D eigenvalue weighted by Crippen LogP contribution is 2.32. The molecule has 2 aromatic carbocycles. The lowest BCUT2D eigenvalue weighted by molar-refractivity contribution is -0.151. The number of hydrogen-bond acceptors (Lipinski definition) is 13. The monoisotopic (exact) mass is 993 g/mol. The van der Waals surface area contributed by atoms with E-state index in [-0.39, 0.29) is 29.1 Å². The highest BCUT2D eigenvalue weighted by molar-refractivity contribution is 5.95. The summed E-state index contributed by atoms with van der Waals surface area (Å²) in [7, 11) is 0. The van der Waals surface area contributed by atoms with Gasteiger partial charge in [0.1, 0.15) is 40.4 Å². The van der Waals surface area contributed by atoms with E-state index in [9.17, 15) is 32.3 Å². The third kappa shape index (κ3) is 14.4. The van der Waals surface area contributed by atoms with Gasteiger partial charge in [-0.25, -0.2) is 19.6 Å². The van der Waals surface area contributed by atoms with Crippen molar-refractivity contribution < 1.29 is 51.4 Å². The van der Waals surface area contributed by atoms with Gasteiger partial charge in [-0.15, -0.1) is 0 Å². The summed E-state index contributed by atoms with van der Waals surface area (Å²) in [5.74, 6) is 0.282. The summed E-state index contributed by atoms with van der Waals surface area (Å²) in [5.41, 5.74) is 19.5. The van der Waals surface area contributed by atoms with Crippen molar-refractivity contribution in [2.45, 2.75) is 64.6 Å². The summed E-state index contributed by atoms with van der Waals surface area (Å²) in [6, 6.07) is 23.8. The van der Waals surface area contributed by atoms with E-state index in [0.717, 1.165) is 66.8 Å². The fourth-order valence-electron chi connectivity index (χ4n) is 7.72. The number of aromatic nitrogens is 4. The molecule has 8 aromatic rings. The minimum absolute atomic E-state index is 0.0117. The molecule has 374 valence electrons. The van der Waals surface area contributed by atoms with Crippen LogP contribution in [0.3, 0.4) is 0 Å². The molecule has 9 rings (SSSR count). The summed E-state index contributed by atoms with van der Waals surface area (Å²) in [6.45, 7) is 4.39. The van der Waals surface area contributed by atoms with Gasteiger partial charge in [0.25, 0.3) is 0 Å². The maximum atomic E-state index is 12.2. The number of nitrogens with two attached hydrogens (primary N) is 2. The van der Waals surface area contributed by atoms with Crippen LogP contribution in [0.1, 0.15) is 80.2 Å². The molecule has 0 saturated carbocycles. The number of anilines is 2. The van der Waals surface area contributed by atoms with E-state index in [1.165, 1.54) is 36.7 Å². The van der Waals surface area contributed by atoms with Crippen molar-refractivity contribution in [2.75, 3.05) is 18.0 Å².